The van der Waals surface area contributed by atoms with E-state index in [1.165, 1.54) is 61.3 Å². The molecule has 0 aromatic heterocycles. The van der Waals surface area contributed by atoms with Gasteiger partial charge in [-0.2, -0.15) is 0 Å². The predicted octanol–water partition coefficient (Wildman–Crippen LogP) is 3.93. The van der Waals surface area contributed by atoms with Gasteiger partial charge in [-0.1, -0.05) is 0 Å². The molecule has 0 saturated heterocycles. The summed E-state index contributed by atoms with van der Waals surface area (Å²) in [6, 6.07) is 0. The van der Waals surface area contributed by atoms with Crippen LogP contribution >= 0.6 is 0 Å². The van der Waals surface area contributed by atoms with Crippen LogP contribution < -0.4 is 0 Å². The van der Waals surface area contributed by atoms with E-state index in [-0.39, 0.29) is 0 Å². The van der Waals surface area contributed by atoms with Crippen LogP contribution in [0, 0.1) is 0 Å². The van der Waals surface area contributed by atoms with Crippen LogP contribution in [-0.2, 0) is 0 Å². The Kier molecular flexibility index (Phi) is 23.1. The zero-order chi connectivity index (χ0) is 18.1. The molecule has 0 radical (unpaired) electrons. The van der Waals surface area contributed by atoms with E-state index in [2.05, 4.69) is 87.4 Å². The zero-order valence-electron chi connectivity index (χ0n) is 16.8. The van der Waals surface area contributed by atoms with Crippen LogP contribution in [0.4, 0.5) is 0 Å². The predicted molar refractivity (Wildman–Crippen MR) is 106 cm³/mol. The van der Waals surface area contributed by atoms with Gasteiger partial charge in [0, 0.05) is 0 Å². The summed E-state index contributed by atoms with van der Waals surface area (Å²) in [4.78, 5) is 0. The quantitative estimate of drug-likeness (QED) is 0.372. The molecule has 0 saturated carbocycles. The van der Waals surface area contributed by atoms with Crippen molar-refractivity contribution in [3.8, 4) is 0 Å². The fourth-order valence-electron chi connectivity index (χ4n) is 2.68. The molecule has 0 aliphatic heterocycles. The van der Waals surface area contributed by atoms with Crippen LogP contribution in [0.1, 0.15) is 55.4 Å². The van der Waals surface area contributed by atoms with Crippen molar-refractivity contribution in [2.45, 2.75) is 66.0 Å². The summed E-state index contributed by atoms with van der Waals surface area (Å²) in [5.74, 6) is 0. The molecule has 138 valence electrons. The normalized spacial score (nSPS) is 11.2. The Labute approximate surface area is 159 Å². The first-order valence-corrected chi connectivity index (χ1v) is 11.7. The molecule has 0 amide bonds. The van der Waals surface area contributed by atoms with Gasteiger partial charge in [-0.3, -0.25) is 0 Å². The number of hydrogen-bond donors (Lipinski definition) is 0. The Balaban J connectivity index is -0.000000266. The molecule has 0 aliphatic rings. The average molecular weight is 446 g/mol. The van der Waals surface area contributed by atoms with Gasteiger partial charge in [-0.25, -0.2) is 0 Å². The van der Waals surface area contributed by atoms with Crippen molar-refractivity contribution < 1.29 is 8.97 Å². The third kappa shape index (κ3) is 12.4. The molecule has 0 aliphatic carbocycles. The molecule has 0 atom stereocenters. The molecule has 4 heteroatoms. The van der Waals surface area contributed by atoms with E-state index in [0.29, 0.717) is 0 Å². The van der Waals surface area contributed by atoms with Crippen LogP contribution in [0.15, 0.2) is 0 Å². The SMILES string of the molecule is CC[N+](CC)(CC)CC.CC[N+](CC)(CC)CC.[Se-]CC[Se-]. The molecule has 0 unspecified atom stereocenters. The summed E-state index contributed by atoms with van der Waals surface area (Å²) in [6.45, 7) is 28.4. The molecule has 0 heterocycles. The summed E-state index contributed by atoms with van der Waals surface area (Å²) >= 11 is 5.72. The van der Waals surface area contributed by atoms with Crippen LogP contribution in [0.3, 0.4) is 0 Å². The Morgan fingerprint density at radius 3 is 0.545 bits per heavy atom. The van der Waals surface area contributed by atoms with E-state index in [9.17, 15) is 0 Å². The Bertz CT molecular complexity index is 146. The molecule has 0 bridgehead atoms. The summed E-state index contributed by atoms with van der Waals surface area (Å²) in [5, 5.41) is 2.28. The van der Waals surface area contributed by atoms with Crippen molar-refractivity contribution in [3.63, 3.8) is 0 Å². The van der Waals surface area contributed by atoms with Crippen molar-refractivity contribution >= 4 is 32.0 Å². The second kappa shape index (κ2) is 18.3. The van der Waals surface area contributed by atoms with Crippen LogP contribution in [-0.4, -0.2) is 93.3 Å². The number of rotatable bonds is 9. The molecule has 2 nitrogen and oxygen atoms in total. The summed E-state index contributed by atoms with van der Waals surface area (Å²) in [5.41, 5.74) is 0. The van der Waals surface area contributed by atoms with E-state index < -0.39 is 0 Å². The monoisotopic (exact) mass is 448 g/mol. The van der Waals surface area contributed by atoms with Gasteiger partial charge in [-0.15, -0.1) is 0 Å². The van der Waals surface area contributed by atoms with Crippen molar-refractivity contribution in [3.05, 3.63) is 0 Å². The minimum absolute atomic E-state index is 1.14. The number of quaternary nitrogens is 2. The van der Waals surface area contributed by atoms with Gasteiger partial charge in [0.05, 0.1) is 52.4 Å². The Morgan fingerprint density at radius 1 is 0.409 bits per heavy atom. The molecule has 0 aromatic rings. The standard InChI is InChI=1S/2C8H20N.C2H6Se2/c2*1-5-9(6-2,7-3)8-4;3-1-2-4/h2*5-8H2,1-4H3;3-4H,1-2H2/q2*+1;/p-2. The molecule has 0 rings (SSSR count). The average Bonchev–Trinajstić information content (AvgIpc) is 2.61. The molecule has 0 fully saturated rings. The van der Waals surface area contributed by atoms with Crippen molar-refractivity contribution in [2.24, 2.45) is 0 Å². The second-order valence-electron chi connectivity index (χ2n) is 5.62. The van der Waals surface area contributed by atoms with E-state index in [4.69, 9.17) is 0 Å². The molecular weight excluding hydrogens is 402 g/mol. The molecule has 22 heavy (non-hydrogen) atoms. The number of nitrogens with zero attached hydrogens (tertiary/aromatic N) is 2. The molecule has 0 aromatic carbocycles. The minimum atomic E-state index is 1.14. The summed E-state index contributed by atoms with van der Waals surface area (Å²) in [7, 11) is 0. The van der Waals surface area contributed by atoms with Gasteiger partial charge >= 0.3 is 42.7 Å². The van der Waals surface area contributed by atoms with E-state index >= 15 is 0 Å². The molecule has 0 N–H and O–H groups in total. The first-order chi connectivity index (χ1) is 10.4. The van der Waals surface area contributed by atoms with Crippen molar-refractivity contribution in [2.75, 3.05) is 52.4 Å². The first-order valence-electron chi connectivity index (χ1n) is 9.26. The van der Waals surface area contributed by atoms with Gasteiger partial charge in [0.2, 0.25) is 0 Å². The van der Waals surface area contributed by atoms with E-state index in [1.807, 2.05) is 0 Å². The molecular formula is C18H44N2Se2. The maximum atomic E-state index is 2.86. The Morgan fingerprint density at radius 2 is 0.545 bits per heavy atom. The summed E-state index contributed by atoms with van der Waals surface area (Å²) in [6.07, 6.45) is 0. The second-order valence-corrected chi connectivity index (χ2v) is 7.33. The number of hydrogen-bond acceptors (Lipinski definition) is 0. The Hall–Kier alpha value is 0.959. The first kappa shape index (κ1) is 27.8. The summed E-state index contributed by atoms with van der Waals surface area (Å²) < 4.78 is 2.56. The van der Waals surface area contributed by atoms with Gasteiger partial charge < -0.3 is 8.97 Å². The molecule has 0 spiro atoms. The van der Waals surface area contributed by atoms with Gasteiger partial charge in [-0.05, 0) is 55.4 Å². The van der Waals surface area contributed by atoms with Gasteiger partial charge in [0.15, 0.2) is 0 Å². The van der Waals surface area contributed by atoms with Crippen molar-refractivity contribution in [1.29, 1.82) is 0 Å². The van der Waals surface area contributed by atoms with Crippen molar-refractivity contribution in [1.82, 2.24) is 0 Å². The van der Waals surface area contributed by atoms with Gasteiger partial charge in [0.25, 0.3) is 0 Å². The third-order valence-corrected chi connectivity index (χ3v) is 7.62. The topological polar surface area (TPSA) is 0 Å². The fraction of sp³-hybridized carbons (Fsp3) is 1.00. The fourth-order valence-corrected chi connectivity index (χ4v) is 2.68. The van der Waals surface area contributed by atoms with Crippen LogP contribution in [0.5, 0.6) is 0 Å². The van der Waals surface area contributed by atoms with E-state index in [1.54, 1.807) is 0 Å². The maximum absolute atomic E-state index is 2.86. The van der Waals surface area contributed by atoms with Crippen LogP contribution in [0.25, 0.3) is 0 Å². The van der Waals surface area contributed by atoms with E-state index in [0.717, 1.165) is 10.6 Å². The third-order valence-electron chi connectivity index (χ3n) is 5.45. The van der Waals surface area contributed by atoms with Crippen LogP contribution in [0.2, 0.25) is 10.6 Å². The zero-order valence-corrected chi connectivity index (χ0v) is 20.2. The van der Waals surface area contributed by atoms with Gasteiger partial charge in [0.1, 0.15) is 0 Å².